The second-order valence-corrected chi connectivity index (χ2v) is 2.83. The number of thiocarbonyl (C=S) groups is 1. The normalized spacial score (nSPS) is 8.71. The van der Waals surface area contributed by atoms with Crippen molar-refractivity contribution in [2.45, 2.75) is 19.8 Å². The Kier molecular flexibility index (Phi) is 6.84. The van der Waals surface area contributed by atoms with Crippen LogP contribution < -0.4 is 0 Å². The molecule has 0 atom stereocenters. The molecule has 0 N–H and O–H groups in total. The molecule has 0 aromatic heterocycles. The third-order valence-electron chi connectivity index (χ3n) is 0.684. The number of rotatable bonds is 4. The van der Waals surface area contributed by atoms with Crippen molar-refractivity contribution < 1.29 is 0 Å². The molecule has 0 aliphatic carbocycles. The molecule has 7 heavy (non-hydrogen) atoms. The van der Waals surface area contributed by atoms with Crippen molar-refractivity contribution in [3.8, 4) is 0 Å². The Hall–Kier alpha value is 0.440. The maximum absolute atomic E-state index is 4.60. The van der Waals surface area contributed by atoms with Gasteiger partial charge in [0.15, 0.2) is 0 Å². The van der Waals surface area contributed by atoms with Gasteiger partial charge in [-0.05, 0) is 12.2 Å². The quantitative estimate of drug-likeness (QED) is 0.428. The van der Waals surface area contributed by atoms with Crippen molar-refractivity contribution in [3.05, 3.63) is 0 Å². The average Bonchev–Trinajstić information content (AvgIpc) is 1.69. The first-order valence-electron chi connectivity index (χ1n) is 2.47. The topological polar surface area (TPSA) is 0 Å². The van der Waals surface area contributed by atoms with Crippen LogP contribution in [0, 0.1) is 0 Å². The molecule has 0 nitrogen and oxygen atoms in total. The third kappa shape index (κ3) is 6.44. The van der Waals surface area contributed by atoms with Gasteiger partial charge in [0.2, 0.25) is 0 Å². The van der Waals surface area contributed by atoms with Crippen molar-refractivity contribution in [1.29, 1.82) is 0 Å². The smallest absolute Gasteiger partial charge is 0.0341 e. The van der Waals surface area contributed by atoms with E-state index in [4.69, 9.17) is 0 Å². The fraction of sp³-hybridized carbons (Fsp3) is 0.800. The van der Waals surface area contributed by atoms with Crippen molar-refractivity contribution in [2.24, 2.45) is 0 Å². The summed E-state index contributed by atoms with van der Waals surface area (Å²) in [5, 5.41) is 0. The van der Waals surface area contributed by atoms with E-state index in [1.807, 2.05) is 0 Å². The lowest BCUT2D eigenvalue weighted by molar-refractivity contribution is 0.898. The summed E-state index contributed by atoms with van der Waals surface area (Å²) in [7, 11) is 0. The Morgan fingerprint density at radius 1 is 1.71 bits per heavy atom. The lowest BCUT2D eigenvalue weighted by Crippen LogP contribution is -1.73. The van der Waals surface area contributed by atoms with Crippen LogP contribution in [0.4, 0.5) is 0 Å². The van der Waals surface area contributed by atoms with E-state index in [0.717, 1.165) is 0 Å². The molecule has 0 bridgehead atoms. The maximum Gasteiger partial charge on any atom is 0.0341 e. The van der Waals surface area contributed by atoms with Gasteiger partial charge in [-0.25, -0.2) is 0 Å². The molecule has 0 heterocycles. The van der Waals surface area contributed by atoms with E-state index < -0.39 is 0 Å². The van der Waals surface area contributed by atoms with E-state index in [-0.39, 0.29) is 0 Å². The molecule has 0 rings (SSSR count). The lowest BCUT2D eigenvalue weighted by Gasteiger charge is -1.86. The first-order chi connectivity index (χ1) is 3.41. The Morgan fingerprint density at radius 3 is 2.86 bits per heavy atom. The second-order valence-electron chi connectivity index (χ2n) is 1.32. The first-order valence-corrected chi connectivity index (χ1v) is 3.99. The third-order valence-corrected chi connectivity index (χ3v) is 1.75. The summed E-state index contributed by atoms with van der Waals surface area (Å²) in [5.74, 6) is 1.19. The van der Waals surface area contributed by atoms with Crippen LogP contribution in [0.1, 0.15) is 19.8 Å². The highest BCUT2D eigenvalue weighted by Gasteiger charge is 1.78. The van der Waals surface area contributed by atoms with Crippen molar-refractivity contribution in [1.82, 2.24) is 0 Å². The highest BCUT2D eigenvalue weighted by molar-refractivity contribution is 8.20. The molecule has 0 aromatic rings. The zero-order chi connectivity index (χ0) is 5.54. The summed E-state index contributed by atoms with van der Waals surface area (Å²) in [4.78, 5) is 0. The van der Waals surface area contributed by atoms with Crippen LogP contribution in [-0.4, -0.2) is 10.5 Å². The molecule has 0 saturated carbocycles. The number of thioether (sulfide) groups is 1. The van der Waals surface area contributed by atoms with Crippen LogP contribution in [0.3, 0.4) is 0 Å². The van der Waals surface area contributed by atoms with Gasteiger partial charge >= 0.3 is 0 Å². The molecular formula is C5H10S2. The predicted molar refractivity (Wildman–Crippen MR) is 41.0 cm³/mol. The van der Waals surface area contributed by atoms with Gasteiger partial charge in [0.25, 0.3) is 0 Å². The molecular weight excluding hydrogens is 124 g/mol. The van der Waals surface area contributed by atoms with Crippen LogP contribution in [0.15, 0.2) is 0 Å². The van der Waals surface area contributed by atoms with E-state index in [2.05, 4.69) is 19.1 Å². The molecule has 42 valence electrons. The molecule has 0 aliphatic heterocycles. The molecule has 0 unspecified atom stereocenters. The lowest BCUT2D eigenvalue weighted by atomic mass is 10.4. The van der Waals surface area contributed by atoms with Gasteiger partial charge in [-0.2, -0.15) is 0 Å². The van der Waals surface area contributed by atoms with Gasteiger partial charge in [0.05, 0.1) is 0 Å². The van der Waals surface area contributed by atoms with Crippen LogP contribution in [-0.2, 0) is 0 Å². The van der Waals surface area contributed by atoms with Crippen LogP contribution in [0.5, 0.6) is 0 Å². The minimum absolute atomic E-state index is 1.19. The second kappa shape index (κ2) is 6.44. The number of hydrogen-bond acceptors (Lipinski definition) is 2. The Morgan fingerprint density at radius 2 is 2.43 bits per heavy atom. The molecule has 0 radical (unpaired) electrons. The summed E-state index contributed by atoms with van der Waals surface area (Å²) in [6, 6.07) is 0. The molecule has 0 amide bonds. The van der Waals surface area contributed by atoms with Gasteiger partial charge in [-0.3, -0.25) is 0 Å². The zero-order valence-corrected chi connectivity index (χ0v) is 6.15. The maximum atomic E-state index is 4.60. The largest absolute Gasteiger partial charge is 0.122 e. The van der Waals surface area contributed by atoms with Gasteiger partial charge in [0.1, 0.15) is 0 Å². The van der Waals surface area contributed by atoms with Crippen molar-refractivity contribution in [2.75, 3.05) is 5.75 Å². The molecule has 0 aromatic carbocycles. The van der Waals surface area contributed by atoms with Crippen molar-refractivity contribution >= 4 is 28.7 Å². The molecule has 0 aliphatic rings. The first kappa shape index (κ1) is 7.44. The Bertz CT molecular complexity index is 43.3. The summed E-state index contributed by atoms with van der Waals surface area (Å²) < 4.78 is 1.73. The summed E-state index contributed by atoms with van der Waals surface area (Å²) in [5.41, 5.74) is 0. The Labute approximate surface area is 54.7 Å². The number of hydrogen-bond donors (Lipinski definition) is 0. The predicted octanol–water partition coefficient (Wildman–Crippen LogP) is 2.48. The van der Waals surface area contributed by atoms with E-state index in [1.54, 1.807) is 16.5 Å². The van der Waals surface area contributed by atoms with Crippen LogP contribution in [0.25, 0.3) is 0 Å². The molecule has 0 fully saturated rings. The fourth-order valence-corrected chi connectivity index (χ4v) is 1.12. The van der Waals surface area contributed by atoms with Crippen LogP contribution >= 0.6 is 24.0 Å². The van der Waals surface area contributed by atoms with Gasteiger partial charge < -0.3 is 0 Å². The highest BCUT2D eigenvalue weighted by atomic mass is 32.2. The van der Waals surface area contributed by atoms with E-state index in [1.165, 1.54) is 18.6 Å². The highest BCUT2D eigenvalue weighted by Crippen LogP contribution is 1.98. The monoisotopic (exact) mass is 134 g/mol. The standard InChI is InChI=1S/C5H10S2/c1-2-3-4-7-5-6/h5H,2-4H2,1H3. The number of unbranched alkanes of at least 4 members (excludes halogenated alkanes) is 1. The van der Waals surface area contributed by atoms with Crippen molar-refractivity contribution in [3.63, 3.8) is 0 Å². The average molecular weight is 134 g/mol. The van der Waals surface area contributed by atoms with E-state index in [9.17, 15) is 0 Å². The van der Waals surface area contributed by atoms with Gasteiger partial charge in [-0.1, -0.05) is 25.6 Å². The molecule has 0 saturated heterocycles. The minimum atomic E-state index is 1.19. The van der Waals surface area contributed by atoms with Gasteiger partial charge in [0, 0.05) is 4.70 Å². The SMILES string of the molecule is CCCCSC=S. The fourth-order valence-electron chi connectivity index (χ4n) is 0.276. The minimum Gasteiger partial charge on any atom is -0.122 e. The zero-order valence-electron chi connectivity index (χ0n) is 4.52. The Balaban J connectivity index is 2.56. The molecule has 2 heteroatoms. The van der Waals surface area contributed by atoms with E-state index >= 15 is 0 Å². The van der Waals surface area contributed by atoms with E-state index in [0.29, 0.717) is 0 Å². The summed E-state index contributed by atoms with van der Waals surface area (Å²) in [6.07, 6.45) is 2.56. The summed E-state index contributed by atoms with van der Waals surface area (Å²) >= 11 is 6.33. The summed E-state index contributed by atoms with van der Waals surface area (Å²) in [6.45, 7) is 2.18. The van der Waals surface area contributed by atoms with Crippen LogP contribution in [0.2, 0.25) is 0 Å². The molecule has 0 spiro atoms. The van der Waals surface area contributed by atoms with Gasteiger partial charge in [-0.15, -0.1) is 11.8 Å².